The molecule has 0 N–H and O–H groups in total. The first kappa shape index (κ1) is 21.9. The number of nitro groups is 1. The van der Waals surface area contributed by atoms with E-state index in [4.69, 9.17) is 23.2 Å². The molecule has 7 nitrogen and oxygen atoms in total. The molecule has 2 amide bonds. The lowest BCUT2D eigenvalue weighted by molar-refractivity contribution is -0.384. The van der Waals surface area contributed by atoms with Gasteiger partial charge in [0.1, 0.15) is 0 Å². The summed E-state index contributed by atoms with van der Waals surface area (Å²) < 4.78 is 0. The van der Waals surface area contributed by atoms with Gasteiger partial charge in [-0.15, -0.1) is 11.8 Å². The number of thioether (sulfide) groups is 1. The Hall–Kier alpha value is -2.29. The fourth-order valence-electron chi connectivity index (χ4n) is 4.09. The summed E-state index contributed by atoms with van der Waals surface area (Å²) in [6, 6.07) is 10.7. The summed E-state index contributed by atoms with van der Waals surface area (Å²) in [4.78, 5) is 39.8. The zero-order chi connectivity index (χ0) is 22.2. The van der Waals surface area contributed by atoms with Gasteiger partial charge in [-0.1, -0.05) is 29.3 Å². The maximum atomic E-state index is 13.2. The van der Waals surface area contributed by atoms with Crippen LogP contribution in [0.3, 0.4) is 0 Å². The van der Waals surface area contributed by atoms with Crippen molar-refractivity contribution in [1.82, 2.24) is 9.80 Å². The zero-order valence-corrected chi connectivity index (χ0v) is 18.8. The number of piperidine rings is 1. The Balaban J connectivity index is 1.48. The molecule has 0 bridgehead atoms. The predicted octanol–water partition coefficient (Wildman–Crippen LogP) is 4.72. The van der Waals surface area contributed by atoms with Crippen molar-refractivity contribution in [2.45, 2.75) is 17.7 Å². The number of carbonyl (C=O) groups is 2. The summed E-state index contributed by atoms with van der Waals surface area (Å²) >= 11 is 13.8. The molecule has 0 aliphatic carbocycles. The Labute approximate surface area is 193 Å². The van der Waals surface area contributed by atoms with Crippen molar-refractivity contribution in [3.8, 4) is 0 Å². The summed E-state index contributed by atoms with van der Waals surface area (Å²) in [6.07, 6.45) is 1.26. The van der Waals surface area contributed by atoms with Gasteiger partial charge in [0.05, 0.1) is 19.8 Å². The second-order valence-electron chi connectivity index (χ2n) is 7.48. The number of nitro benzene ring substituents is 1. The van der Waals surface area contributed by atoms with Gasteiger partial charge in [0.15, 0.2) is 0 Å². The van der Waals surface area contributed by atoms with E-state index in [1.807, 2.05) is 4.90 Å². The number of halogens is 2. The Morgan fingerprint density at radius 3 is 2.35 bits per heavy atom. The molecule has 2 aromatic rings. The van der Waals surface area contributed by atoms with Gasteiger partial charge in [-0.2, -0.15) is 0 Å². The molecule has 4 rings (SSSR count). The summed E-state index contributed by atoms with van der Waals surface area (Å²) in [5, 5.41) is 11.7. The minimum absolute atomic E-state index is 0.0953. The van der Waals surface area contributed by atoms with Gasteiger partial charge in [-0.05, 0) is 37.1 Å². The molecule has 2 heterocycles. The van der Waals surface area contributed by atoms with Crippen LogP contribution in [0.4, 0.5) is 5.69 Å². The number of hydrogen-bond donors (Lipinski definition) is 0. The number of amides is 2. The second kappa shape index (κ2) is 8.68. The number of hydrogen-bond acceptors (Lipinski definition) is 5. The fourth-order valence-corrected chi connectivity index (χ4v) is 5.84. The van der Waals surface area contributed by atoms with Crippen molar-refractivity contribution in [2.24, 2.45) is 0 Å². The summed E-state index contributed by atoms with van der Waals surface area (Å²) in [6.45, 7) is 1.57. The molecule has 2 fully saturated rings. The van der Waals surface area contributed by atoms with Gasteiger partial charge in [-0.25, -0.2) is 0 Å². The molecular weight excluding hydrogens is 461 g/mol. The number of likely N-dealkylation sites (tertiary alicyclic amines) is 1. The van der Waals surface area contributed by atoms with E-state index >= 15 is 0 Å². The van der Waals surface area contributed by atoms with E-state index in [9.17, 15) is 19.7 Å². The van der Waals surface area contributed by atoms with E-state index in [0.717, 1.165) is 5.75 Å². The van der Waals surface area contributed by atoms with Crippen molar-refractivity contribution in [3.05, 3.63) is 73.8 Å². The van der Waals surface area contributed by atoms with E-state index in [2.05, 4.69) is 0 Å². The Morgan fingerprint density at radius 1 is 0.968 bits per heavy atom. The standard InChI is InChI=1S/C21H19Cl2N3O4S/c22-17-5-4-15(13-18(17)23)20(28)25-10-11-31-21(25)6-8-24(9-7-21)19(27)14-2-1-3-16(12-14)26(29)30/h1-5,12-13H,6-11H2. The van der Waals surface area contributed by atoms with Crippen LogP contribution in [0, 0.1) is 10.1 Å². The summed E-state index contributed by atoms with van der Waals surface area (Å²) in [7, 11) is 0. The Morgan fingerprint density at radius 2 is 1.68 bits per heavy atom. The van der Waals surface area contributed by atoms with Crippen LogP contribution >= 0.6 is 35.0 Å². The van der Waals surface area contributed by atoms with Crippen LogP contribution < -0.4 is 0 Å². The topological polar surface area (TPSA) is 83.8 Å². The molecule has 31 heavy (non-hydrogen) atoms. The van der Waals surface area contributed by atoms with Crippen molar-refractivity contribution in [1.29, 1.82) is 0 Å². The second-order valence-corrected chi connectivity index (χ2v) is 9.75. The minimum Gasteiger partial charge on any atom is -0.338 e. The quantitative estimate of drug-likeness (QED) is 0.469. The van der Waals surface area contributed by atoms with Crippen molar-refractivity contribution in [2.75, 3.05) is 25.4 Å². The molecule has 10 heteroatoms. The molecule has 0 aromatic heterocycles. The normalized spacial score (nSPS) is 17.7. The fraction of sp³-hybridized carbons (Fsp3) is 0.333. The maximum Gasteiger partial charge on any atom is 0.270 e. The van der Waals surface area contributed by atoms with Gasteiger partial charge < -0.3 is 9.80 Å². The van der Waals surface area contributed by atoms with Crippen molar-refractivity contribution < 1.29 is 14.5 Å². The van der Waals surface area contributed by atoms with Gasteiger partial charge in [-0.3, -0.25) is 19.7 Å². The van der Waals surface area contributed by atoms with Gasteiger partial charge in [0, 0.05) is 48.6 Å². The average Bonchev–Trinajstić information content (AvgIpc) is 3.18. The van der Waals surface area contributed by atoms with E-state index in [-0.39, 0.29) is 22.4 Å². The smallest absolute Gasteiger partial charge is 0.270 e. The maximum absolute atomic E-state index is 13.2. The Bertz CT molecular complexity index is 1060. The third kappa shape index (κ3) is 4.24. The number of non-ortho nitro benzene ring substituents is 1. The SMILES string of the molecule is O=C(c1cccc([N+](=O)[O-])c1)N1CCC2(CC1)SCCN2C(=O)c1ccc(Cl)c(Cl)c1. The molecular formula is C21H19Cl2N3O4S. The average molecular weight is 480 g/mol. The minimum atomic E-state index is -0.510. The van der Waals surface area contributed by atoms with E-state index in [1.165, 1.54) is 18.2 Å². The third-order valence-electron chi connectivity index (χ3n) is 5.73. The first-order valence-corrected chi connectivity index (χ1v) is 11.5. The van der Waals surface area contributed by atoms with E-state index in [0.29, 0.717) is 53.6 Å². The van der Waals surface area contributed by atoms with Crippen LogP contribution in [0.15, 0.2) is 42.5 Å². The highest BCUT2D eigenvalue weighted by Gasteiger charge is 2.47. The molecule has 0 unspecified atom stereocenters. The van der Waals surface area contributed by atoms with Crippen LogP contribution in [0.5, 0.6) is 0 Å². The number of nitrogens with zero attached hydrogens (tertiary/aromatic N) is 3. The van der Waals surface area contributed by atoms with Crippen LogP contribution in [-0.4, -0.2) is 56.8 Å². The molecule has 162 valence electrons. The van der Waals surface area contributed by atoms with Gasteiger partial charge in [0.25, 0.3) is 17.5 Å². The Kier molecular flexibility index (Phi) is 6.14. The molecule has 2 aromatic carbocycles. The van der Waals surface area contributed by atoms with E-state index < -0.39 is 4.92 Å². The lowest BCUT2D eigenvalue weighted by Gasteiger charge is -2.44. The summed E-state index contributed by atoms with van der Waals surface area (Å²) in [5.74, 6) is 0.497. The lowest BCUT2D eigenvalue weighted by atomic mass is 10.00. The van der Waals surface area contributed by atoms with Gasteiger partial charge >= 0.3 is 0 Å². The van der Waals surface area contributed by atoms with Crippen molar-refractivity contribution in [3.63, 3.8) is 0 Å². The van der Waals surface area contributed by atoms with Crippen molar-refractivity contribution >= 4 is 52.5 Å². The highest BCUT2D eigenvalue weighted by Crippen LogP contribution is 2.45. The van der Waals surface area contributed by atoms with Gasteiger partial charge in [0.2, 0.25) is 0 Å². The molecule has 2 aliphatic rings. The molecule has 2 aliphatic heterocycles. The predicted molar refractivity (Wildman–Crippen MR) is 121 cm³/mol. The molecule has 0 saturated carbocycles. The highest BCUT2D eigenvalue weighted by molar-refractivity contribution is 8.00. The first-order chi connectivity index (χ1) is 14.8. The molecule has 0 radical (unpaired) electrons. The summed E-state index contributed by atoms with van der Waals surface area (Å²) in [5.41, 5.74) is 0.684. The number of carbonyl (C=O) groups excluding carboxylic acids is 2. The molecule has 0 atom stereocenters. The molecule has 1 spiro atoms. The van der Waals surface area contributed by atoms with Crippen LogP contribution in [0.25, 0.3) is 0 Å². The number of benzene rings is 2. The number of rotatable bonds is 3. The van der Waals surface area contributed by atoms with Crippen LogP contribution in [-0.2, 0) is 0 Å². The van der Waals surface area contributed by atoms with Crippen LogP contribution in [0.2, 0.25) is 10.0 Å². The molecule has 2 saturated heterocycles. The van der Waals surface area contributed by atoms with E-state index in [1.54, 1.807) is 40.9 Å². The highest BCUT2D eigenvalue weighted by atomic mass is 35.5. The monoisotopic (exact) mass is 479 g/mol. The zero-order valence-electron chi connectivity index (χ0n) is 16.4. The third-order valence-corrected chi connectivity index (χ3v) is 8.02. The van der Waals surface area contributed by atoms with Crippen LogP contribution in [0.1, 0.15) is 33.6 Å². The largest absolute Gasteiger partial charge is 0.338 e. The first-order valence-electron chi connectivity index (χ1n) is 9.75. The lowest BCUT2D eigenvalue weighted by Crippen LogP contribution is -2.53.